The van der Waals surface area contributed by atoms with Gasteiger partial charge in [-0.15, -0.1) is 0 Å². The molecular formula is C8H11N3O4S. The number of hydrogen-bond acceptors (Lipinski definition) is 6. The molecule has 0 saturated carbocycles. The van der Waals surface area contributed by atoms with E-state index in [9.17, 15) is 18.5 Å². The van der Waals surface area contributed by atoms with Crippen LogP contribution in [0.4, 0.5) is 11.5 Å². The molecule has 0 aromatic carbocycles. The van der Waals surface area contributed by atoms with Gasteiger partial charge in [0.2, 0.25) is 0 Å². The Kier molecular flexibility index (Phi) is 3.78. The number of pyridine rings is 1. The molecule has 16 heavy (non-hydrogen) atoms. The van der Waals surface area contributed by atoms with Crippen LogP contribution >= 0.6 is 0 Å². The summed E-state index contributed by atoms with van der Waals surface area (Å²) in [6.45, 7) is 0.116. The average molecular weight is 245 g/mol. The summed E-state index contributed by atoms with van der Waals surface area (Å²) in [4.78, 5) is 13.5. The highest BCUT2D eigenvalue weighted by Crippen LogP contribution is 2.19. The van der Waals surface area contributed by atoms with Crippen molar-refractivity contribution in [2.24, 2.45) is 0 Å². The minimum Gasteiger partial charge on any atom is -0.377 e. The molecule has 88 valence electrons. The minimum absolute atomic E-state index is 0.0843. The predicted octanol–water partition coefficient (Wildman–Crippen LogP) is 0.446. The monoisotopic (exact) mass is 245 g/mol. The summed E-state index contributed by atoms with van der Waals surface area (Å²) in [5.74, 6) is -0.394. The van der Waals surface area contributed by atoms with Crippen LogP contribution in [-0.4, -0.2) is 36.9 Å². The van der Waals surface area contributed by atoms with Gasteiger partial charge in [0.15, 0.2) is 0 Å². The van der Waals surface area contributed by atoms with Crippen LogP contribution in [0.25, 0.3) is 0 Å². The number of aromatic nitrogens is 1. The van der Waals surface area contributed by atoms with E-state index in [2.05, 4.69) is 10.3 Å². The van der Waals surface area contributed by atoms with Crippen LogP contribution in [0.1, 0.15) is 0 Å². The predicted molar refractivity (Wildman–Crippen MR) is 59.1 cm³/mol. The molecule has 7 nitrogen and oxygen atoms in total. The summed E-state index contributed by atoms with van der Waals surface area (Å²) >= 11 is 0. The number of hydrogen-bond donors (Lipinski definition) is 1. The van der Waals surface area contributed by atoms with Crippen LogP contribution in [0.3, 0.4) is 0 Å². The smallest absolute Gasteiger partial charge is 0.377 e. The number of rotatable bonds is 5. The van der Waals surface area contributed by atoms with Gasteiger partial charge in [-0.05, 0) is 22.0 Å². The highest BCUT2D eigenvalue weighted by atomic mass is 32.2. The Labute approximate surface area is 92.6 Å². The molecule has 1 aromatic rings. The molecule has 0 atom stereocenters. The fourth-order valence-corrected chi connectivity index (χ4v) is 1.52. The van der Waals surface area contributed by atoms with Crippen LogP contribution in [0, 0.1) is 10.1 Å². The fourth-order valence-electron chi connectivity index (χ4n) is 1.05. The molecule has 1 rings (SSSR count). The summed E-state index contributed by atoms with van der Waals surface area (Å²) in [7, 11) is -3.08. The first-order valence-electron chi connectivity index (χ1n) is 4.41. The van der Waals surface area contributed by atoms with Crippen molar-refractivity contribution < 1.29 is 13.3 Å². The van der Waals surface area contributed by atoms with Gasteiger partial charge in [0.05, 0.1) is 5.75 Å². The normalized spacial score (nSPS) is 11.1. The molecule has 0 radical (unpaired) electrons. The van der Waals surface area contributed by atoms with E-state index in [0.29, 0.717) is 0 Å². The molecule has 0 aliphatic carbocycles. The lowest BCUT2D eigenvalue weighted by atomic mass is 10.4. The van der Waals surface area contributed by atoms with Gasteiger partial charge in [0, 0.05) is 12.8 Å². The van der Waals surface area contributed by atoms with Crippen molar-refractivity contribution in [3.63, 3.8) is 0 Å². The third kappa shape index (κ3) is 3.81. The summed E-state index contributed by atoms with van der Waals surface area (Å²) in [5, 5.41) is 13.2. The molecule has 1 N–H and O–H groups in total. The first kappa shape index (κ1) is 12.4. The zero-order valence-electron chi connectivity index (χ0n) is 8.58. The first-order chi connectivity index (χ1) is 7.40. The van der Waals surface area contributed by atoms with Crippen LogP contribution in [0.5, 0.6) is 0 Å². The Bertz CT molecular complexity index is 486. The van der Waals surface area contributed by atoms with Crippen LogP contribution in [-0.2, 0) is 9.84 Å². The molecule has 0 aliphatic heterocycles. The molecular weight excluding hydrogens is 234 g/mol. The molecule has 0 spiro atoms. The summed E-state index contributed by atoms with van der Waals surface area (Å²) in [6, 6.07) is 3.02. The van der Waals surface area contributed by atoms with Crippen LogP contribution in [0.2, 0.25) is 0 Å². The van der Waals surface area contributed by atoms with E-state index >= 15 is 0 Å². The second-order valence-electron chi connectivity index (χ2n) is 3.19. The Morgan fingerprint density at radius 1 is 1.56 bits per heavy atom. The van der Waals surface area contributed by atoms with Crippen molar-refractivity contribution in [2.75, 3.05) is 23.9 Å². The molecule has 1 aromatic heterocycles. The van der Waals surface area contributed by atoms with Gasteiger partial charge in [-0.1, -0.05) is 0 Å². The maximum Gasteiger partial charge on any atom is 0.386 e. The highest BCUT2D eigenvalue weighted by Gasteiger charge is 2.13. The second-order valence-corrected chi connectivity index (χ2v) is 5.45. The Hall–Kier alpha value is -1.70. The standard InChI is InChI=1S/C8H11N3O4S/c1-16(14,15)6-5-9-7-3-2-4-10-8(7)11(12)13/h2-4,9H,5-6H2,1H3. The van der Waals surface area contributed by atoms with Crippen LogP contribution in [0.15, 0.2) is 18.3 Å². The second kappa shape index (κ2) is 4.88. The maximum atomic E-state index is 10.9. The van der Waals surface area contributed by atoms with E-state index < -0.39 is 14.8 Å². The molecule has 0 aliphatic rings. The Morgan fingerprint density at radius 3 is 2.81 bits per heavy atom. The van der Waals surface area contributed by atoms with Gasteiger partial charge in [-0.2, -0.15) is 0 Å². The molecule has 0 unspecified atom stereocenters. The van der Waals surface area contributed by atoms with Gasteiger partial charge >= 0.3 is 5.82 Å². The van der Waals surface area contributed by atoms with Gasteiger partial charge in [0.25, 0.3) is 0 Å². The molecule has 0 fully saturated rings. The lowest BCUT2D eigenvalue weighted by molar-refractivity contribution is -0.388. The Morgan fingerprint density at radius 2 is 2.25 bits per heavy atom. The molecule has 0 saturated heterocycles. The molecule has 8 heteroatoms. The number of nitro groups is 1. The van der Waals surface area contributed by atoms with E-state index in [4.69, 9.17) is 0 Å². The van der Waals surface area contributed by atoms with Gasteiger partial charge in [0.1, 0.15) is 21.7 Å². The van der Waals surface area contributed by atoms with Crippen LogP contribution < -0.4 is 5.32 Å². The van der Waals surface area contributed by atoms with Crippen molar-refractivity contribution in [2.45, 2.75) is 0 Å². The van der Waals surface area contributed by atoms with E-state index in [1.165, 1.54) is 18.3 Å². The van der Waals surface area contributed by atoms with Crippen molar-refractivity contribution in [1.82, 2.24) is 4.98 Å². The topological polar surface area (TPSA) is 102 Å². The number of nitrogens with one attached hydrogen (secondary N) is 1. The lowest BCUT2D eigenvalue weighted by Gasteiger charge is -2.04. The molecule has 0 amide bonds. The van der Waals surface area contributed by atoms with Crippen molar-refractivity contribution >= 4 is 21.3 Å². The van der Waals surface area contributed by atoms with Gasteiger partial charge in [-0.25, -0.2) is 8.42 Å². The SMILES string of the molecule is CS(=O)(=O)CCNc1cccnc1[N+](=O)[O-]. The number of sulfone groups is 1. The minimum atomic E-state index is -3.08. The zero-order chi connectivity index (χ0) is 12.2. The van der Waals surface area contributed by atoms with Gasteiger partial charge in [-0.3, -0.25) is 0 Å². The Balaban J connectivity index is 2.71. The average Bonchev–Trinajstić information content (AvgIpc) is 2.16. The van der Waals surface area contributed by atoms with Gasteiger partial charge < -0.3 is 15.4 Å². The van der Waals surface area contributed by atoms with E-state index in [-0.39, 0.29) is 23.8 Å². The van der Waals surface area contributed by atoms with Crippen molar-refractivity contribution in [1.29, 1.82) is 0 Å². The first-order valence-corrected chi connectivity index (χ1v) is 6.47. The lowest BCUT2D eigenvalue weighted by Crippen LogP contribution is -2.15. The number of nitrogens with zero attached hydrogens (tertiary/aromatic N) is 2. The summed E-state index contributed by atoms with van der Waals surface area (Å²) in [6.07, 6.45) is 2.41. The summed E-state index contributed by atoms with van der Waals surface area (Å²) in [5.41, 5.74) is 0.219. The van der Waals surface area contributed by atoms with Crippen molar-refractivity contribution in [3.8, 4) is 0 Å². The van der Waals surface area contributed by atoms with E-state index in [0.717, 1.165) is 6.26 Å². The van der Waals surface area contributed by atoms with Crippen molar-refractivity contribution in [3.05, 3.63) is 28.4 Å². The fraction of sp³-hybridized carbons (Fsp3) is 0.375. The summed E-state index contributed by atoms with van der Waals surface area (Å²) < 4.78 is 21.7. The molecule has 1 heterocycles. The molecule has 0 bridgehead atoms. The third-order valence-corrected chi connectivity index (χ3v) is 2.69. The quantitative estimate of drug-likeness (QED) is 0.596. The van der Waals surface area contributed by atoms with E-state index in [1.807, 2.05) is 0 Å². The largest absolute Gasteiger partial charge is 0.386 e. The highest BCUT2D eigenvalue weighted by molar-refractivity contribution is 7.90. The maximum absolute atomic E-state index is 10.9. The zero-order valence-corrected chi connectivity index (χ0v) is 9.40. The van der Waals surface area contributed by atoms with E-state index in [1.54, 1.807) is 0 Å². The third-order valence-electron chi connectivity index (χ3n) is 1.75. The number of anilines is 1.